The number of hydrogen-bond acceptors (Lipinski definition) is 4. The molecule has 0 atom stereocenters. The van der Waals surface area contributed by atoms with E-state index < -0.39 is 11.6 Å². The summed E-state index contributed by atoms with van der Waals surface area (Å²) in [5.74, 6) is 0.0213. The van der Waals surface area contributed by atoms with Gasteiger partial charge in [-0.1, -0.05) is 13.3 Å². The molecule has 110 valence electrons. The van der Waals surface area contributed by atoms with Crippen molar-refractivity contribution in [3.8, 4) is 0 Å². The van der Waals surface area contributed by atoms with Gasteiger partial charge in [0.2, 0.25) is 0 Å². The van der Waals surface area contributed by atoms with E-state index >= 15 is 0 Å². The standard InChI is InChI=1S/C15H22N2O3/c1-2-11-5-7-15(20,8-6-11)10-17-13-12(14(18)19)4-3-9-16-13/h3-4,9,11,20H,2,5-8,10H2,1H3,(H,16,17)(H,18,19). The lowest BCUT2D eigenvalue weighted by Crippen LogP contribution is -2.40. The van der Waals surface area contributed by atoms with Crippen LogP contribution in [0.4, 0.5) is 5.82 Å². The minimum atomic E-state index is -1.01. The van der Waals surface area contributed by atoms with E-state index in [0.717, 1.165) is 32.1 Å². The summed E-state index contributed by atoms with van der Waals surface area (Å²) in [6.07, 6.45) is 6.28. The van der Waals surface area contributed by atoms with Crippen LogP contribution in [0.1, 0.15) is 49.4 Å². The quantitative estimate of drug-likeness (QED) is 0.771. The molecule has 5 heteroatoms. The molecule has 0 saturated heterocycles. The number of hydrogen-bond donors (Lipinski definition) is 3. The zero-order chi connectivity index (χ0) is 14.6. The topological polar surface area (TPSA) is 82.5 Å². The molecule has 1 heterocycles. The van der Waals surface area contributed by atoms with Gasteiger partial charge in [-0.25, -0.2) is 9.78 Å². The summed E-state index contributed by atoms with van der Waals surface area (Å²) in [5.41, 5.74) is -0.614. The summed E-state index contributed by atoms with van der Waals surface area (Å²) in [4.78, 5) is 15.1. The number of nitrogens with one attached hydrogen (secondary N) is 1. The van der Waals surface area contributed by atoms with E-state index in [1.165, 1.54) is 6.07 Å². The van der Waals surface area contributed by atoms with Gasteiger partial charge < -0.3 is 15.5 Å². The van der Waals surface area contributed by atoms with Crippen molar-refractivity contribution in [1.82, 2.24) is 4.98 Å². The Kier molecular flexibility index (Phi) is 4.60. The van der Waals surface area contributed by atoms with Crippen LogP contribution in [0.2, 0.25) is 0 Å². The van der Waals surface area contributed by atoms with Gasteiger partial charge in [-0.05, 0) is 43.7 Å². The maximum atomic E-state index is 11.1. The molecule has 1 aromatic heterocycles. The Hall–Kier alpha value is -1.62. The number of pyridine rings is 1. The summed E-state index contributed by atoms with van der Waals surface area (Å²) in [5, 5.41) is 22.6. The molecule has 2 rings (SSSR count). The molecule has 0 unspecified atom stereocenters. The predicted octanol–water partition coefficient (Wildman–Crippen LogP) is 2.52. The van der Waals surface area contributed by atoms with E-state index in [1.54, 1.807) is 12.3 Å². The molecule has 0 amide bonds. The normalized spacial score (nSPS) is 26.2. The average molecular weight is 278 g/mol. The van der Waals surface area contributed by atoms with Crippen LogP contribution >= 0.6 is 0 Å². The number of carboxylic acid groups (broad SMARTS) is 1. The Balaban J connectivity index is 1.97. The molecular weight excluding hydrogens is 256 g/mol. The first kappa shape index (κ1) is 14.8. The van der Waals surface area contributed by atoms with E-state index in [0.29, 0.717) is 18.3 Å². The van der Waals surface area contributed by atoms with Gasteiger partial charge >= 0.3 is 5.97 Å². The van der Waals surface area contributed by atoms with Crippen molar-refractivity contribution in [2.75, 3.05) is 11.9 Å². The lowest BCUT2D eigenvalue weighted by Gasteiger charge is -2.36. The number of aromatic carboxylic acids is 1. The molecule has 20 heavy (non-hydrogen) atoms. The summed E-state index contributed by atoms with van der Waals surface area (Å²) >= 11 is 0. The van der Waals surface area contributed by atoms with Crippen molar-refractivity contribution in [3.05, 3.63) is 23.9 Å². The van der Waals surface area contributed by atoms with Crippen LogP contribution in [0.25, 0.3) is 0 Å². The molecule has 1 saturated carbocycles. The highest BCUT2D eigenvalue weighted by Crippen LogP contribution is 2.33. The number of rotatable bonds is 5. The van der Waals surface area contributed by atoms with Crippen LogP contribution in [0, 0.1) is 5.92 Å². The molecule has 1 fully saturated rings. The summed E-state index contributed by atoms with van der Waals surface area (Å²) in [6.45, 7) is 2.53. The Morgan fingerprint density at radius 1 is 1.50 bits per heavy atom. The number of aromatic nitrogens is 1. The van der Waals surface area contributed by atoms with Gasteiger partial charge in [-0.15, -0.1) is 0 Å². The van der Waals surface area contributed by atoms with E-state index in [4.69, 9.17) is 5.11 Å². The molecule has 0 aliphatic heterocycles. The lowest BCUT2D eigenvalue weighted by atomic mass is 9.78. The first-order chi connectivity index (χ1) is 9.54. The summed E-state index contributed by atoms with van der Waals surface area (Å²) < 4.78 is 0. The van der Waals surface area contributed by atoms with Crippen LogP contribution < -0.4 is 5.32 Å². The van der Waals surface area contributed by atoms with Crippen molar-refractivity contribution in [1.29, 1.82) is 0 Å². The SMILES string of the molecule is CCC1CCC(O)(CNc2ncccc2C(=O)O)CC1. The molecule has 3 N–H and O–H groups in total. The van der Waals surface area contributed by atoms with Crippen molar-refractivity contribution < 1.29 is 15.0 Å². The second-order valence-corrected chi connectivity index (χ2v) is 5.63. The third kappa shape index (κ3) is 3.48. The van der Waals surface area contributed by atoms with Crippen molar-refractivity contribution in [3.63, 3.8) is 0 Å². The molecule has 0 radical (unpaired) electrons. The number of nitrogens with zero attached hydrogens (tertiary/aromatic N) is 1. The molecule has 0 aromatic carbocycles. The average Bonchev–Trinajstić information content (AvgIpc) is 2.46. The van der Waals surface area contributed by atoms with Gasteiger partial charge in [0.1, 0.15) is 11.4 Å². The summed E-state index contributed by atoms with van der Waals surface area (Å²) in [6, 6.07) is 3.10. The zero-order valence-electron chi connectivity index (χ0n) is 11.8. The van der Waals surface area contributed by atoms with E-state index in [2.05, 4.69) is 17.2 Å². The fourth-order valence-corrected chi connectivity index (χ4v) is 2.77. The zero-order valence-corrected chi connectivity index (χ0v) is 11.8. The number of carboxylic acids is 1. The predicted molar refractivity (Wildman–Crippen MR) is 76.9 cm³/mol. The van der Waals surface area contributed by atoms with E-state index in [-0.39, 0.29) is 5.56 Å². The second kappa shape index (κ2) is 6.22. The fraction of sp³-hybridized carbons (Fsp3) is 0.600. The van der Waals surface area contributed by atoms with Crippen molar-refractivity contribution in [2.45, 2.75) is 44.6 Å². The van der Waals surface area contributed by atoms with E-state index in [1.807, 2.05) is 0 Å². The van der Waals surface area contributed by atoms with Gasteiger partial charge in [-0.3, -0.25) is 0 Å². The Morgan fingerprint density at radius 3 is 2.80 bits per heavy atom. The number of aliphatic hydroxyl groups is 1. The monoisotopic (exact) mass is 278 g/mol. The fourth-order valence-electron chi connectivity index (χ4n) is 2.77. The second-order valence-electron chi connectivity index (χ2n) is 5.63. The van der Waals surface area contributed by atoms with E-state index in [9.17, 15) is 9.90 Å². The smallest absolute Gasteiger partial charge is 0.339 e. The first-order valence-corrected chi connectivity index (χ1v) is 7.18. The number of anilines is 1. The molecule has 1 aliphatic rings. The van der Waals surface area contributed by atoms with Crippen molar-refractivity contribution >= 4 is 11.8 Å². The molecule has 1 aromatic rings. The van der Waals surface area contributed by atoms with Gasteiger partial charge in [0, 0.05) is 12.7 Å². The highest BCUT2D eigenvalue weighted by Gasteiger charge is 2.32. The Morgan fingerprint density at radius 2 is 2.20 bits per heavy atom. The lowest BCUT2D eigenvalue weighted by molar-refractivity contribution is 0.00218. The first-order valence-electron chi connectivity index (χ1n) is 7.18. The molecule has 0 spiro atoms. The Bertz CT molecular complexity index is 468. The van der Waals surface area contributed by atoms with Gasteiger partial charge in [0.25, 0.3) is 0 Å². The van der Waals surface area contributed by atoms with Crippen molar-refractivity contribution in [2.24, 2.45) is 5.92 Å². The van der Waals surface area contributed by atoms with Gasteiger partial charge in [-0.2, -0.15) is 0 Å². The van der Waals surface area contributed by atoms with Crippen LogP contribution in [-0.4, -0.2) is 33.3 Å². The van der Waals surface area contributed by atoms with Crippen LogP contribution in [-0.2, 0) is 0 Å². The number of carbonyl (C=O) groups is 1. The molecule has 1 aliphatic carbocycles. The Labute approximate surface area is 119 Å². The third-order valence-corrected chi connectivity index (χ3v) is 4.24. The molecule has 0 bridgehead atoms. The maximum Gasteiger partial charge on any atom is 0.339 e. The largest absolute Gasteiger partial charge is 0.478 e. The third-order valence-electron chi connectivity index (χ3n) is 4.24. The summed E-state index contributed by atoms with van der Waals surface area (Å²) in [7, 11) is 0. The maximum absolute atomic E-state index is 11.1. The minimum Gasteiger partial charge on any atom is -0.478 e. The van der Waals surface area contributed by atoms with Gasteiger partial charge in [0.05, 0.1) is 5.60 Å². The molecular formula is C15H22N2O3. The minimum absolute atomic E-state index is 0.137. The molecule has 5 nitrogen and oxygen atoms in total. The highest BCUT2D eigenvalue weighted by atomic mass is 16.4. The van der Waals surface area contributed by atoms with Crippen LogP contribution in [0.3, 0.4) is 0 Å². The van der Waals surface area contributed by atoms with Crippen LogP contribution in [0.5, 0.6) is 0 Å². The van der Waals surface area contributed by atoms with Gasteiger partial charge in [0.15, 0.2) is 0 Å². The van der Waals surface area contributed by atoms with Crippen LogP contribution in [0.15, 0.2) is 18.3 Å². The highest BCUT2D eigenvalue weighted by molar-refractivity contribution is 5.92.